The van der Waals surface area contributed by atoms with E-state index in [0.29, 0.717) is 23.0 Å². The van der Waals surface area contributed by atoms with Crippen LogP contribution in [0.2, 0.25) is 0 Å². The summed E-state index contributed by atoms with van der Waals surface area (Å²) in [4.78, 5) is 31.0. The molecular formula is C25H25F2N3O2. The minimum atomic E-state index is -3.15. The second-order valence-corrected chi connectivity index (χ2v) is 9.02. The quantitative estimate of drug-likeness (QED) is 0.580. The Morgan fingerprint density at radius 3 is 2.44 bits per heavy atom. The third-order valence-corrected chi connectivity index (χ3v) is 6.76. The molecular weight excluding hydrogens is 412 g/mol. The Morgan fingerprint density at radius 2 is 1.78 bits per heavy atom. The standard InChI is InChI=1S/C25H25F2N3O2/c1-14-3-9-21-18(11-14)23(31)19(13-28-21)24(32)29-22-10-8-17(12-20(22)25(2,26)27)30-15-4-5-16(30)7-6-15/h3,8-13,15-16H,4-7H2,1-2H3,(H,28,31)(H,29,32). The lowest BCUT2D eigenvalue weighted by Crippen LogP contribution is -2.29. The van der Waals surface area contributed by atoms with Crippen molar-refractivity contribution in [2.45, 2.75) is 57.5 Å². The zero-order chi connectivity index (χ0) is 22.6. The average molecular weight is 437 g/mol. The SMILES string of the molecule is Cc1ccc2[nH]cc(C(=O)Nc3ccc(N4C5CCC4CC5)cc3C(C)(F)F)c(=O)c2c1. The van der Waals surface area contributed by atoms with Crippen molar-refractivity contribution in [3.05, 3.63) is 69.5 Å². The molecule has 0 radical (unpaired) electrons. The van der Waals surface area contributed by atoms with Gasteiger partial charge in [-0.1, -0.05) is 11.6 Å². The summed E-state index contributed by atoms with van der Waals surface area (Å²) in [7, 11) is 0. The van der Waals surface area contributed by atoms with Crippen molar-refractivity contribution in [1.82, 2.24) is 4.98 Å². The number of hydrogen-bond acceptors (Lipinski definition) is 3. The zero-order valence-electron chi connectivity index (χ0n) is 18.0. The molecule has 0 aliphatic carbocycles. The van der Waals surface area contributed by atoms with Gasteiger partial charge in [0.1, 0.15) is 5.56 Å². The maximum absolute atomic E-state index is 14.5. The number of aromatic nitrogens is 1. The van der Waals surface area contributed by atoms with E-state index in [1.807, 2.05) is 13.0 Å². The fourth-order valence-electron chi connectivity index (χ4n) is 5.19. The van der Waals surface area contributed by atoms with Gasteiger partial charge >= 0.3 is 0 Å². The van der Waals surface area contributed by atoms with Gasteiger partial charge in [-0.3, -0.25) is 9.59 Å². The van der Waals surface area contributed by atoms with Gasteiger partial charge in [-0.25, -0.2) is 8.78 Å². The van der Waals surface area contributed by atoms with Crippen LogP contribution in [0.25, 0.3) is 10.9 Å². The number of rotatable bonds is 4. The summed E-state index contributed by atoms with van der Waals surface area (Å²) in [6, 6.07) is 10.9. The molecule has 2 aliphatic heterocycles. The summed E-state index contributed by atoms with van der Waals surface area (Å²) >= 11 is 0. The van der Waals surface area contributed by atoms with Crippen LogP contribution in [0.3, 0.4) is 0 Å². The summed E-state index contributed by atoms with van der Waals surface area (Å²) in [6.45, 7) is 2.68. The van der Waals surface area contributed by atoms with Gasteiger partial charge in [0.05, 0.1) is 5.69 Å². The van der Waals surface area contributed by atoms with Crippen LogP contribution in [-0.4, -0.2) is 23.0 Å². The molecule has 2 bridgehead atoms. The van der Waals surface area contributed by atoms with Crippen LogP contribution in [0.5, 0.6) is 0 Å². The number of anilines is 2. The highest BCUT2D eigenvalue weighted by Gasteiger charge is 2.40. The highest BCUT2D eigenvalue weighted by molar-refractivity contribution is 6.06. The number of aryl methyl sites for hydroxylation is 1. The largest absolute Gasteiger partial charge is 0.366 e. The number of carbonyl (C=O) groups is 1. The van der Waals surface area contributed by atoms with Crippen LogP contribution in [0.1, 0.15) is 54.1 Å². The van der Waals surface area contributed by atoms with E-state index in [9.17, 15) is 18.4 Å². The van der Waals surface area contributed by atoms with Gasteiger partial charge in [0.25, 0.3) is 11.8 Å². The van der Waals surface area contributed by atoms with Crippen LogP contribution in [0.15, 0.2) is 47.4 Å². The van der Waals surface area contributed by atoms with Crippen molar-refractivity contribution in [2.75, 3.05) is 10.2 Å². The number of carbonyl (C=O) groups excluding carboxylic acids is 1. The number of alkyl halides is 2. The highest BCUT2D eigenvalue weighted by Crippen LogP contribution is 2.43. The first-order valence-electron chi connectivity index (χ1n) is 11.0. The van der Waals surface area contributed by atoms with Crippen LogP contribution < -0.4 is 15.6 Å². The minimum Gasteiger partial charge on any atom is -0.366 e. The molecule has 5 rings (SSSR count). The fourth-order valence-corrected chi connectivity index (χ4v) is 5.19. The van der Waals surface area contributed by atoms with Crippen molar-refractivity contribution in [3.63, 3.8) is 0 Å². The van der Waals surface area contributed by atoms with Crippen molar-refractivity contribution in [3.8, 4) is 0 Å². The number of amides is 1. The predicted octanol–water partition coefficient (Wildman–Crippen LogP) is 5.33. The number of nitrogens with zero attached hydrogens (tertiary/aromatic N) is 1. The molecule has 5 nitrogen and oxygen atoms in total. The minimum absolute atomic E-state index is 0.0153. The molecule has 32 heavy (non-hydrogen) atoms. The predicted molar refractivity (Wildman–Crippen MR) is 122 cm³/mol. The number of pyridine rings is 1. The van der Waals surface area contributed by atoms with E-state index in [1.165, 1.54) is 18.3 Å². The third kappa shape index (κ3) is 3.45. The lowest BCUT2D eigenvalue weighted by Gasteiger charge is -2.27. The maximum Gasteiger partial charge on any atom is 0.272 e. The summed E-state index contributed by atoms with van der Waals surface area (Å²) in [5.74, 6) is -3.86. The molecule has 0 atom stereocenters. The Bertz CT molecular complexity index is 1260. The molecule has 0 unspecified atom stereocenters. The fraction of sp³-hybridized carbons (Fsp3) is 0.360. The average Bonchev–Trinajstić information content (AvgIpc) is 3.34. The third-order valence-electron chi connectivity index (χ3n) is 6.76. The summed E-state index contributed by atoms with van der Waals surface area (Å²) < 4.78 is 29.1. The van der Waals surface area contributed by atoms with E-state index in [1.54, 1.807) is 18.2 Å². The number of H-pyrrole nitrogens is 1. The van der Waals surface area contributed by atoms with Crippen LogP contribution in [0, 0.1) is 6.92 Å². The number of nitrogens with one attached hydrogen (secondary N) is 2. The molecule has 166 valence electrons. The molecule has 2 N–H and O–H groups in total. The Morgan fingerprint density at radius 1 is 1.09 bits per heavy atom. The molecule has 3 aromatic rings. The lowest BCUT2D eigenvalue weighted by atomic mass is 10.0. The topological polar surface area (TPSA) is 65.2 Å². The van der Waals surface area contributed by atoms with Crippen LogP contribution in [-0.2, 0) is 5.92 Å². The van der Waals surface area contributed by atoms with Crippen molar-refractivity contribution in [2.24, 2.45) is 0 Å². The van der Waals surface area contributed by atoms with Crippen LogP contribution in [0.4, 0.5) is 20.2 Å². The number of fused-ring (bicyclic) bond motifs is 3. The summed E-state index contributed by atoms with van der Waals surface area (Å²) in [5.41, 5.74) is 1.49. The van der Waals surface area contributed by atoms with Gasteiger partial charge in [0.2, 0.25) is 5.43 Å². The second-order valence-electron chi connectivity index (χ2n) is 9.02. The smallest absolute Gasteiger partial charge is 0.272 e. The Kier molecular flexibility index (Phi) is 4.80. The normalized spacial score (nSPS) is 20.2. The molecule has 1 amide bonds. The zero-order valence-corrected chi connectivity index (χ0v) is 18.0. The Labute approximate surface area is 184 Å². The summed E-state index contributed by atoms with van der Waals surface area (Å²) in [5, 5.41) is 2.94. The first-order chi connectivity index (χ1) is 15.2. The number of aromatic amines is 1. The van der Waals surface area contributed by atoms with Gasteiger partial charge in [0.15, 0.2) is 0 Å². The van der Waals surface area contributed by atoms with Gasteiger partial charge in [-0.05, 0) is 62.9 Å². The van der Waals surface area contributed by atoms with Crippen molar-refractivity contribution < 1.29 is 13.6 Å². The Balaban J connectivity index is 1.50. The second kappa shape index (κ2) is 7.43. The van der Waals surface area contributed by atoms with Crippen molar-refractivity contribution >= 4 is 28.2 Å². The van der Waals surface area contributed by atoms with E-state index < -0.39 is 17.3 Å². The highest BCUT2D eigenvalue weighted by atomic mass is 19.3. The molecule has 0 saturated carbocycles. The molecule has 7 heteroatoms. The van der Waals surface area contributed by atoms with Gasteiger partial charge in [-0.2, -0.15) is 0 Å². The molecule has 0 spiro atoms. The molecule has 1 aromatic heterocycles. The lowest BCUT2D eigenvalue weighted by molar-refractivity contribution is 0.0183. The Hall–Kier alpha value is -3.22. The van der Waals surface area contributed by atoms with E-state index in [4.69, 9.17) is 0 Å². The van der Waals surface area contributed by atoms with Gasteiger partial charge in [0, 0.05) is 47.4 Å². The molecule has 2 fully saturated rings. The monoisotopic (exact) mass is 437 g/mol. The first kappa shape index (κ1) is 20.7. The van der Waals surface area contributed by atoms with E-state index in [2.05, 4.69) is 15.2 Å². The number of benzene rings is 2. The molecule has 2 saturated heterocycles. The summed E-state index contributed by atoms with van der Waals surface area (Å²) in [6.07, 6.45) is 5.68. The number of halogens is 2. The van der Waals surface area contributed by atoms with Crippen molar-refractivity contribution in [1.29, 1.82) is 0 Å². The van der Waals surface area contributed by atoms with Crippen LogP contribution >= 0.6 is 0 Å². The van der Waals surface area contributed by atoms with Gasteiger partial charge < -0.3 is 15.2 Å². The molecule has 3 heterocycles. The van der Waals surface area contributed by atoms with Gasteiger partial charge in [-0.15, -0.1) is 0 Å². The molecule has 2 aliphatic rings. The van der Waals surface area contributed by atoms with E-state index in [-0.39, 0.29) is 16.8 Å². The molecule has 2 aromatic carbocycles. The number of hydrogen-bond donors (Lipinski definition) is 2. The maximum atomic E-state index is 14.5. The van der Waals surface area contributed by atoms with E-state index >= 15 is 0 Å². The van der Waals surface area contributed by atoms with E-state index in [0.717, 1.165) is 43.9 Å². The first-order valence-corrected chi connectivity index (χ1v) is 11.0.